The normalized spacial score (nSPS) is 21.5. The first-order valence-electron chi connectivity index (χ1n) is 16.5. The number of nitrogens with zero attached hydrogens (tertiary/aromatic N) is 4. The Balaban J connectivity index is 1.30. The molecule has 4 heterocycles. The van der Waals surface area contributed by atoms with Crippen molar-refractivity contribution in [3.05, 3.63) is 58.6 Å². The maximum absolute atomic E-state index is 14.2. The highest BCUT2D eigenvalue weighted by atomic mass is 32.1. The number of benzene rings is 1. The Hall–Kier alpha value is -3.77. The van der Waals surface area contributed by atoms with Crippen LogP contribution >= 0.6 is 11.3 Å². The largest absolute Gasteiger partial charge is 0.444 e. The molecule has 11 nitrogen and oxygen atoms in total. The molecule has 254 valence electrons. The van der Waals surface area contributed by atoms with Crippen molar-refractivity contribution < 1.29 is 28.8 Å². The predicted molar refractivity (Wildman–Crippen MR) is 179 cm³/mol. The summed E-state index contributed by atoms with van der Waals surface area (Å²) >= 11 is 1.59. The third-order valence-electron chi connectivity index (χ3n) is 8.90. The average molecular weight is 666 g/mol. The number of aromatic nitrogens is 2. The second-order valence-electron chi connectivity index (χ2n) is 14.1. The standard InChI is InChI=1S/C35H47N5O6S/c1-20(2)30(29-17-26(38-46-29)27-10-8-9-15-39(27)34(44)45-35(5,6)7)33(43)40-18-25(41)16-28(40)32(42)37-21(3)23-11-13-24(14-12-23)31-22(4)36-19-47-31/h11-14,17,19-21,25,27-28,30,41H,8-10,15-16,18H2,1-7H3,(H,37,42)/t21-,25+,27?,28-,30?/m0/s1. The van der Waals surface area contributed by atoms with Crippen LogP contribution in [-0.4, -0.2) is 73.8 Å². The number of amides is 3. The quantitative estimate of drug-likeness (QED) is 0.292. The van der Waals surface area contributed by atoms with Crippen molar-refractivity contribution in [2.75, 3.05) is 13.1 Å². The van der Waals surface area contributed by atoms with Crippen molar-refractivity contribution >= 4 is 29.2 Å². The number of aliphatic hydroxyl groups is 1. The molecular formula is C35H47N5O6S. The van der Waals surface area contributed by atoms with Gasteiger partial charge in [-0.3, -0.25) is 14.5 Å². The van der Waals surface area contributed by atoms with Gasteiger partial charge in [-0.2, -0.15) is 0 Å². The molecule has 12 heteroatoms. The van der Waals surface area contributed by atoms with Gasteiger partial charge in [0.2, 0.25) is 11.8 Å². The molecule has 0 bridgehead atoms. The van der Waals surface area contributed by atoms with Gasteiger partial charge in [0.15, 0.2) is 0 Å². The molecule has 2 saturated heterocycles. The van der Waals surface area contributed by atoms with Gasteiger partial charge < -0.3 is 24.6 Å². The first-order valence-corrected chi connectivity index (χ1v) is 17.4. The summed E-state index contributed by atoms with van der Waals surface area (Å²) in [6.07, 6.45) is 1.42. The lowest BCUT2D eigenvalue weighted by Gasteiger charge is -2.35. The fourth-order valence-corrected chi connectivity index (χ4v) is 7.31. The second-order valence-corrected chi connectivity index (χ2v) is 14.9. The lowest BCUT2D eigenvalue weighted by atomic mass is 9.90. The lowest BCUT2D eigenvalue weighted by Crippen LogP contribution is -2.48. The molecule has 2 aliphatic rings. The maximum atomic E-state index is 14.2. The number of hydrogen-bond donors (Lipinski definition) is 2. The second kappa shape index (κ2) is 14.1. The molecule has 47 heavy (non-hydrogen) atoms. The van der Waals surface area contributed by atoms with Crippen LogP contribution in [0.25, 0.3) is 10.4 Å². The Bertz CT molecular complexity index is 1560. The Labute approximate surface area is 280 Å². The van der Waals surface area contributed by atoms with Gasteiger partial charge in [0, 0.05) is 25.6 Å². The van der Waals surface area contributed by atoms with Gasteiger partial charge in [0.05, 0.1) is 34.3 Å². The first-order chi connectivity index (χ1) is 22.2. The number of carbonyl (C=O) groups is 3. The molecule has 2 N–H and O–H groups in total. The number of piperidine rings is 1. The lowest BCUT2D eigenvalue weighted by molar-refractivity contribution is -0.141. The van der Waals surface area contributed by atoms with E-state index in [0.717, 1.165) is 34.5 Å². The van der Waals surface area contributed by atoms with E-state index in [9.17, 15) is 19.5 Å². The highest BCUT2D eigenvalue weighted by molar-refractivity contribution is 7.13. The fraction of sp³-hybridized carbons (Fsp3) is 0.571. The van der Waals surface area contributed by atoms with Crippen LogP contribution in [0, 0.1) is 12.8 Å². The first kappa shape index (κ1) is 34.6. The van der Waals surface area contributed by atoms with E-state index in [-0.39, 0.29) is 42.8 Å². The molecule has 5 rings (SSSR count). The van der Waals surface area contributed by atoms with Crippen LogP contribution in [0.5, 0.6) is 0 Å². The molecule has 2 aromatic heterocycles. The minimum absolute atomic E-state index is 0.0491. The van der Waals surface area contributed by atoms with Crippen molar-refractivity contribution in [2.24, 2.45) is 5.92 Å². The van der Waals surface area contributed by atoms with Gasteiger partial charge in [-0.15, -0.1) is 11.3 Å². The van der Waals surface area contributed by atoms with Crippen LogP contribution in [0.15, 0.2) is 40.4 Å². The summed E-state index contributed by atoms with van der Waals surface area (Å²) in [6.45, 7) is 13.8. The van der Waals surface area contributed by atoms with Gasteiger partial charge in [-0.05, 0) is 70.9 Å². The number of β-amino-alcohol motifs (C(OH)–C–C–N with tert-alkyl or cyclic N) is 1. The van der Waals surface area contributed by atoms with E-state index in [1.807, 2.05) is 78.2 Å². The zero-order valence-corrected chi connectivity index (χ0v) is 29.2. The summed E-state index contributed by atoms with van der Waals surface area (Å²) in [5.41, 5.74) is 4.75. The number of ether oxygens (including phenoxy) is 1. The Morgan fingerprint density at radius 2 is 1.83 bits per heavy atom. The molecule has 0 spiro atoms. The van der Waals surface area contributed by atoms with Gasteiger partial charge in [0.25, 0.3) is 0 Å². The maximum Gasteiger partial charge on any atom is 0.410 e. The van der Waals surface area contributed by atoms with E-state index in [4.69, 9.17) is 9.26 Å². The van der Waals surface area contributed by atoms with Gasteiger partial charge >= 0.3 is 6.09 Å². The van der Waals surface area contributed by atoms with E-state index in [2.05, 4.69) is 15.5 Å². The number of thiazole rings is 1. The molecule has 5 atom stereocenters. The summed E-state index contributed by atoms with van der Waals surface area (Å²) in [4.78, 5) is 49.4. The Morgan fingerprint density at radius 3 is 2.47 bits per heavy atom. The summed E-state index contributed by atoms with van der Waals surface area (Å²) in [6, 6.07) is 8.30. The fourth-order valence-electron chi connectivity index (χ4n) is 6.50. The van der Waals surface area contributed by atoms with Crippen molar-refractivity contribution in [3.8, 4) is 10.4 Å². The molecule has 2 unspecified atom stereocenters. The SMILES string of the molecule is Cc1ncsc1-c1ccc([C@H](C)NC(=O)[C@@H]2C[C@@H](O)CN2C(=O)C(c2cc(C3CCCCN3C(=O)OC(C)(C)C)no2)C(C)C)cc1. The number of carbonyl (C=O) groups excluding carboxylic acids is 3. The number of likely N-dealkylation sites (tertiary alicyclic amines) is 2. The molecule has 1 aromatic carbocycles. The highest BCUT2D eigenvalue weighted by Crippen LogP contribution is 2.36. The zero-order chi connectivity index (χ0) is 34.0. The van der Waals surface area contributed by atoms with Crippen molar-refractivity contribution in [2.45, 2.75) is 110 Å². The summed E-state index contributed by atoms with van der Waals surface area (Å²) in [5.74, 6) is -1.15. The van der Waals surface area contributed by atoms with E-state index in [1.54, 1.807) is 22.3 Å². The zero-order valence-electron chi connectivity index (χ0n) is 28.4. The molecule has 0 saturated carbocycles. The van der Waals surface area contributed by atoms with E-state index >= 15 is 0 Å². The Kier molecular flexibility index (Phi) is 10.4. The molecule has 2 fully saturated rings. The molecule has 0 radical (unpaired) electrons. The number of aryl methyl sites for hydroxylation is 1. The van der Waals surface area contributed by atoms with Crippen LogP contribution in [0.4, 0.5) is 4.79 Å². The van der Waals surface area contributed by atoms with Crippen LogP contribution in [0.1, 0.15) is 108 Å². The number of rotatable bonds is 8. The summed E-state index contributed by atoms with van der Waals surface area (Å²) in [5, 5.41) is 18.0. The number of hydrogen-bond acceptors (Lipinski definition) is 9. The number of nitrogens with one attached hydrogen (secondary N) is 1. The van der Waals surface area contributed by atoms with Crippen LogP contribution in [0.3, 0.4) is 0 Å². The van der Waals surface area contributed by atoms with Crippen LogP contribution < -0.4 is 5.32 Å². The third kappa shape index (κ3) is 7.86. The molecule has 3 aromatic rings. The van der Waals surface area contributed by atoms with Crippen molar-refractivity contribution in [1.82, 2.24) is 25.3 Å². The average Bonchev–Trinajstić information content (AvgIpc) is 3.76. The topological polar surface area (TPSA) is 138 Å². The number of aliphatic hydroxyl groups excluding tert-OH is 1. The predicted octanol–water partition coefficient (Wildman–Crippen LogP) is 6.15. The highest BCUT2D eigenvalue weighted by Gasteiger charge is 2.44. The van der Waals surface area contributed by atoms with Gasteiger partial charge in [-0.1, -0.05) is 43.3 Å². The van der Waals surface area contributed by atoms with Gasteiger partial charge in [0.1, 0.15) is 29.0 Å². The van der Waals surface area contributed by atoms with E-state index < -0.39 is 29.8 Å². The monoisotopic (exact) mass is 665 g/mol. The van der Waals surface area contributed by atoms with Crippen molar-refractivity contribution in [3.63, 3.8) is 0 Å². The summed E-state index contributed by atoms with van der Waals surface area (Å²) in [7, 11) is 0. The molecule has 0 aliphatic carbocycles. The molecule has 2 aliphatic heterocycles. The Morgan fingerprint density at radius 1 is 1.11 bits per heavy atom. The summed E-state index contributed by atoms with van der Waals surface area (Å²) < 4.78 is 11.5. The molecule has 3 amide bonds. The third-order valence-corrected chi connectivity index (χ3v) is 9.88. The van der Waals surface area contributed by atoms with Crippen LogP contribution in [-0.2, 0) is 14.3 Å². The van der Waals surface area contributed by atoms with Crippen molar-refractivity contribution in [1.29, 1.82) is 0 Å². The van der Waals surface area contributed by atoms with Crippen LogP contribution in [0.2, 0.25) is 0 Å². The smallest absolute Gasteiger partial charge is 0.410 e. The minimum atomic E-state index is -0.830. The van der Waals surface area contributed by atoms with E-state index in [0.29, 0.717) is 24.4 Å². The molecular weight excluding hydrogens is 618 g/mol. The van der Waals surface area contributed by atoms with Gasteiger partial charge in [-0.25, -0.2) is 9.78 Å². The minimum Gasteiger partial charge on any atom is -0.444 e. The van der Waals surface area contributed by atoms with E-state index in [1.165, 1.54) is 4.90 Å².